The number of amides is 1. The van der Waals surface area contributed by atoms with Crippen LogP contribution in [0.5, 0.6) is 5.75 Å². The molecule has 1 aromatic heterocycles. The molecule has 6 nitrogen and oxygen atoms in total. The number of ether oxygens (including phenoxy) is 1. The second-order valence-electron chi connectivity index (χ2n) is 8.24. The number of aromatic nitrogens is 3. The van der Waals surface area contributed by atoms with Gasteiger partial charge >= 0.3 is 0 Å². The number of thioether (sulfide) groups is 1. The van der Waals surface area contributed by atoms with E-state index in [1.807, 2.05) is 64.1 Å². The van der Waals surface area contributed by atoms with Gasteiger partial charge in [0.25, 0.3) is 0 Å². The summed E-state index contributed by atoms with van der Waals surface area (Å²) in [6, 6.07) is 24.1. The maximum Gasteiger partial charge on any atom is 0.237 e. The van der Waals surface area contributed by atoms with Gasteiger partial charge in [0.15, 0.2) is 11.0 Å². The van der Waals surface area contributed by atoms with Crippen LogP contribution in [0.1, 0.15) is 17.5 Å². The molecule has 0 saturated heterocycles. The fourth-order valence-electron chi connectivity index (χ4n) is 4.29. The lowest BCUT2D eigenvalue weighted by atomic mass is 10.0. The Morgan fingerprint density at radius 3 is 2.59 bits per heavy atom. The molecule has 0 aliphatic carbocycles. The largest absolute Gasteiger partial charge is 0.496 e. The lowest BCUT2D eigenvalue weighted by Gasteiger charge is -2.29. The van der Waals surface area contributed by atoms with E-state index >= 15 is 0 Å². The third kappa shape index (κ3) is 4.31. The summed E-state index contributed by atoms with van der Waals surface area (Å²) in [6.07, 6.45) is 1.99. The first kappa shape index (κ1) is 22.2. The van der Waals surface area contributed by atoms with E-state index in [0.29, 0.717) is 11.0 Å². The van der Waals surface area contributed by atoms with Crippen LogP contribution in [0.4, 0.5) is 5.69 Å². The summed E-state index contributed by atoms with van der Waals surface area (Å²) >= 11 is 1.41. The molecular weight excluding hydrogens is 444 g/mol. The number of benzene rings is 3. The first-order valence-corrected chi connectivity index (χ1v) is 12.3. The maximum absolute atomic E-state index is 13.2. The lowest BCUT2D eigenvalue weighted by Crippen LogP contribution is -2.36. The molecule has 1 amide bonds. The highest BCUT2D eigenvalue weighted by Gasteiger charge is 2.24. The summed E-state index contributed by atoms with van der Waals surface area (Å²) in [7, 11) is 1.65. The highest BCUT2D eigenvalue weighted by atomic mass is 32.2. The van der Waals surface area contributed by atoms with Crippen molar-refractivity contribution < 1.29 is 9.53 Å². The Labute approximate surface area is 203 Å². The minimum absolute atomic E-state index is 0.0782. The highest BCUT2D eigenvalue weighted by molar-refractivity contribution is 7.99. The van der Waals surface area contributed by atoms with E-state index in [4.69, 9.17) is 4.74 Å². The molecule has 1 aliphatic heterocycles. The number of fused-ring (bicyclic) bond motifs is 1. The van der Waals surface area contributed by atoms with Gasteiger partial charge in [-0.15, -0.1) is 10.2 Å². The molecule has 0 spiro atoms. The van der Waals surface area contributed by atoms with Crippen LogP contribution in [-0.4, -0.2) is 40.1 Å². The van der Waals surface area contributed by atoms with Crippen molar-refractivity contribution in [2.75, 3.05) is 24.3 Å². The number of carbonyl (C=O) groups excluding carboxylic acids is 1. The normalized spacial score (nSPS) is 12.9. The monoisotopic (exact) mass is 470 g/mol. The predicted molar refractivity (Wildman–Crippen MR) is 136 cm³/mol. The fourth-order valence-corrected chi connectivity index (χ4v) is 5.12. The molecule has 4 aromatic rings. The highest BCUT2D eigenvalue weighted by Crippen LogP contribution is 2.34. The molecule has 7 heteroatoms. The van der Waals surface area contributed by atoms with Crippen LogP contribution in [0.2, 0.25) is 0 Å². The molecule has 0 bridgehead atoms. The molecule has 172 valence electrons. The van der Waals surface area contributed by atoms with Crippen LogP contribution >= 0.6 is 11.8 Å². The Kier molecular flexibility index (Phi) is 6.36. The average Bonchev–Trinajstić information content (AvgIpc) is 3.31. The summed E-state index contributed by atoms with van der Waals surface area (Å²) in [4.78, 5) is 15.1. The van der Waals surface area contributed by atoms with Crippen molar-refractivity contribution in [3.05, 3.63) is 83.9 Å². The summed E-state index contributed by atoms with van der Waals surface area (Å²) < 4.78 is 7.58. The van der Waals surface area contributed by atoms with Crippen molar-refractivity contribution >= 4 is 23.4 Å². The van der Waals surface area contributed by atoms with E-state index in [2.05, 4.69) is 35.3 Å². The second-order valence-corrected chi connectivity index (χ2v) is 9.19. The molecule has 0 atom stereocenters. The number of nitrogens with zero attached hydrogens (tertiary/aromatic N) is 4. The third-order valence-corrected chi connectivity index (χ3v) is 6.92. The number of anilines is 1. The van der Waals surface area contributed by atoms with Crippen molar-refractivity contribution in [1.82, 2.24) is 14.8 Å². The fraction of sp³-hybridized carbons (Fsp3) is 0.222. The number of hydrogen-bond acceptors (Lipinski definition) is 5. The number of hydrogen-bond donors (Lipinski definition) is 0. The van der Waals surface area contributed by atoms with Gasteiger partial charge in [0, 0.05) is 17.9 Å². The lowest BCUT2D eigenvalue weighted by molar-refractivity contribution is -0.116. The number of para-hydroxylation sites is 2. The zero-order valence-corrected chi connectivity index (χ0v) is 20.1. The summed E-state index contributed by atoms with van der Waals surface area (Å²) in [5.74, 6) is 1.76. The minimum atomic E-state index is 0.0782. The standard InChI is InChI=1S/C27H26N4O2S/c1-19-13-15-21(16-14-19)31-26(22-10-4-6-12-24(22)33-2)28-29-27(31)34-18-25(32)30-17-7-9-20-8-3-5-11-23(20)30/h3-6,8,10-16H,7,9,17-18H2,1-2H3. The molecule has 3 aromatic carbocycles. The predicted octanol–water partition coefficient (Wildman–Crippen LogP) is 5.32. The van der Waals surface area contributed by atoms with Gasteiger partial charge in [-0.1, -0.05) is 59.8 Å². The topological polar surface area (TPSA) is 60.3 Å². The Hall–Kier alpha value is -3.58. The molecule has 0 saturated carbocycles. The molecule has 1 aliphatic rings. The van der Waals surface area contributed by atoms with Gasteiger partial charge in [0.1, 0.15) is 5.75 Å². The number of aryl methyl sites for hydroxylation is 2. The third-order valence-electron chi connectivity index (χ3n) is 6.01. The van der Waals surface area contributed by atoms with Crippen LogP contribution in [0, 0.1) is 6.92 Å². The number of carbonyl (C=O) groups is 1. The van der Waals surface area contributed by atoms with E-state index in [0.717, 1.165) is 42.1 Å². The average molecular weight is 471 g/mol. The van der Waals surface area contributed by atoms with Crippen molar-refractivity contribution in [2.24, 2.45) is 0 Å². The van der Waals surface area contributed by atoms with Crippen LogP contribution in [0.25, 0.3) is 17.1 Å². The second kappa shape index (κ2) is 9.73. The Morgan fingerprint density at radius 1 is 1.00 bits per heavy atom. The quantitative estimate of drug-likeness (QED) is 0.357. The summed E-state index contributed by atoms with van der Waals surface area (Å²) in [6.45, 7) is 2.80. The van der Waals surface area contributed by atoms with E-state index in [1.165, 1.54) is 22.9 Å². The van der Waals surface area contributed by atoms with Crippen LogP contribution in [0.3, 0.4) is 0 Å². The van der Waals surface area contributed by atoms with Crippen molar-refractivity contribution in [2.45, 2.75) is 24.9 Å². The molecule has 5 rings (SSSR count). The van der Waals surface area contributed by atoms with Gasteiger partial charge in [-0.2, -0.15) is 0 Å². The summed E-state index contributed by atoms with van der Waals surface area (Å²) in [5.41, 5.74) is 5.21. The minimum Gasteiger partial charge on any atom is -0.496 e. The van der Waals surface area contributed by atoms with Gasteiger partial charge in [0.05, 0.1) is 18.4 Å². The molecule has 0 unspecified atom stereocenters. The molecular formula is C27H26N4O2S. The zero-order valence-electron chi connectivity index (χ0n) is 19.3. The van der Waals surface area contributed by atoms with Crippen LogP contribution < -0.4 is 9.64 Å². The Morgan fingerprint density at radius 2 is 1.76 bits per heavy atom. The van der Waals surface area contributed by atoms with Crippen molar-refractivity contribution in [1.29, 1.82) is 0 Å². The van der Waals surface area contributed by atoms with Gasteiger partial charge in [-0.3, -0.25) is 9.36 Å². The van der Waals surface area contributed by atoms with Crippen molar-refractivity contribution in [3.63, 3.8) is 0 Å². The van der Waals surface area contributed by atoms with E-state index < -0.39 is 0 Å². The van der Waals surface area contributed by atoms with E-state index in [-0.39, 0.29) is 11.7 Å². The van der Waals surface area contributed by atoms with E-state index in [1.54, 1.807) is 7.11 Å². The summed E-state index contributed by atoms with van der Waals surface area (Å²) in [5, 5.41) is 9.66. The first-order chi connectivity index (χ1) is 16.7. The smallest absolute Gasteiger partial charge is 0.237 e. The first-order valence-electron chi connectivity index (χ1n) is 11.3. The van der Waals surface area contributed by atoms with Gasteiger partial charge < -0.3 is 9.64 Å². The van der Waals surface area contributed by atoms with Crippen molar-refractivity contribution in [3.8, 4) is 22.8 Å². The molecule has 0 radical (unpaired) electrons. The van der Waals surface area contributed by atoms with Crippen LogP contribution in [-0.2, 0) is 11.2 Å². The Bertz CT molecular complexity index is 1320. The molecule has 0 fully saturated rings. The SMILES string of the molecule is COc1ccccc1-c1nnc(SCC(=O)N2CCCc3ccccc32)n1-c1ccc(C)cc1. The Balaban J connectivity index is 1.47. The zero-order chi connectivity index (χ0) is 23.5. The molecule has 34 heavy (non-hydrogen) atoms. The maximum atomic E-state index is 13.2. The number of rotatable bonds is 6. The van der Waals surface area contributed by atoms with Gasteiger partial charge in [-0.25, -0.2) is 0 Å². The van der Waals surface area contributed by atoms with E-state index in [9.17, 15) is 4.79 Å². The van der Waals surface area contributed by atoms with Crippen LogP contribution in [0.15, 0.2) is 78.0 Å². The van der Waals surface area contributed by atoms with Gasteiger partial charge in [-0.05, 0) is 55.7 Å². The van der Waals surface area contributed by atoms with Gasteiger partial charge in [0.2, 0.25) is 5.91 Å². The molecule has 2 heterocycles. The molecule has 0 N–H and O–H groups in total. The number of methoxy groups -OCH3 is 1.